The van der Waals surface area contributed by atoms with E-state index < -0.39 is 23.7 Å². The zero-order valence-electron chi connectivity index (χ0n) is 19.7. The van der Waals surface area contributed by atoms with Crippen molar-refractivity contribution in [2.24, 2.45) is 0 Å². The number of Topliss-reactive ketones (excluding diaryl/α,β-unsaturated/α-hetero) is 1. The molecule has 0 aliphatic carbocycles. The van der Waals surface area contributed by atoms with E-state index in [1.807, 2.05) is 20.8 Å². The van der Waals surface area contributed by atoms with Gasteiger partial charge >= 0.3 is 5.97 Å². The SMILES string of the molecule is C/C=C/C(O)C(COC(=O)CCC(=O)C(C)(C)OCCC(C)(C)OC)NCOCC. The van der Waals surface area contributed by atoms with Crippen LogP contribution in [0.4, 0.5) is 0 Å². The fraction of sp³-hybridized carbons (Fsp3) is 0.818. The molecule has 0 spiro atoms. The first-order chi connectivity index (χ1) is 14.0. The van der Waals surface area contributed by atoms with E-state index in [-0.39, 0.29) is 37.6 Å². The van der Waals surface area contributed by atoms with Crippen LogP contribution in [0, 0.1) is 0 Å². The highest BCUT2D eigenvalue weighted by Gasteiger charge is 2.30. The molecule has 0 rings (SSSR count). The Balaban J connectivity index is 4.45. The number of esters is 1. The third-order valence-electron chi connectivity index (χ3n) is 4.82. The summed E-state index contributed by atoms with van der Waals surface area (Å²) in [6, 6.07) is -0.503. The minimum absolute atomic E-state index is 0.0218. The van der Waals surface area contributed by atoms with Gasteiger partial charge in [0.15, 0.2) is 5.78 Å². The van der Waals surface area contributed by atoms with Crippen LogP contribution in [-0.2, 0) is 28.5 Å². The van der Waals surface area contributed by atoms with Gasteiger partial charge in [0.2, 0.25) is 0 Å². The normalized spacial score (nSPS) is 14.7. The highest BCUT2D eigenvalue weighted by Crippen LogP contribution is 2.19. The molecule has 0 fully saturated rings. The van der Waals surface area contributed by atoms with Gasteiger partial charge < -0.3 is 24.1 Å². The van der Waals surface area contributed by atoms with E-state index in [2.05, 4.69) is 5.32 Å². The third kappa shape index (κ3) is 12.4. The number of allylic oxidation sites excluding steroid dienone is 1. The average Bonchev–Trinajstić information content (AvgIpc) is 2.68. The van der Waals surface area contributed by atoms with Gasteiger partial charge in [-0.2, -0.15) is 0 Å². The molecule has 0 aromatic rings. The summed E-state index contributed by atoms with van der Waals surface area (Å²) >= 11 is 0. The molecule has 2 atom stereocenters. The molecule has 0 aliphatic rings. The number of aliphatic hydroxyl groups excluding tert-OH is 1. The summed E-state index contributed by atoms with van der Waals surface area (Å²) in [6.45, 7) is 12.1. The molecular weight excluding hydrogens is 390 g/mol. The summed E-state index contributed by atoms with van der Waals surface area (Å²) in [7, 11) is 1.64. The molecule has 30 heavy (non-hydrogen) atoms. The predicted molar refractivity (Wildman–Crippen MR) is 115 cm³/mol. The van der Waals surface area contributed by atoms with Crippen LogP contribution < -0.4 is 5.32 Å². The second-order valence-corrected chi connectivity index (χ2v) is 8.14. The first kappa shape index (κ1) is 28.7. The number of ketones is 1. The van der Waals surface area contributed by atoms with Crippen LogP contribution >= 0.6 is 0 Å². The molecule has 2 N–H and O–H groups in total. The van der Waals surface area contributed by atoms with Crippen LogP contribution in [-0.4, -0.2) is 73.9 Å². The van der Waals surface area contributed by atoms with Gasteiger partial charge in [0.05, 0.1) is 37.5 Å². The Morgan fingerprint density at radius 2 is 1.83 bits per heavy atom. The Bertz CT molecular complexity index is 532. The van der Waals surface area contributed by atoms with Crippen LogP contribution in [0.1, 0.15) is 60.8 Å². The second-order valence-electron chi connectivity index (χ2n) is 8.14. The Labute approximate surface area is 181 Å². The average molecular weight is 432 g/mol. The minimum atomic E-state index is -0.992. The fourth-order valence-corrected chi connectivity index (χ4v) is 2.38. The summed E-state index contributed by atoms with van der Waals surface area (Å²) in [4.78, 5) is 24.5. The number of rotatable bonds is 17. The quantitative estimate of drug-likeness (QED) is 0.157. The Kier molecular flexibility index (Phi) is 14.0. The number of carbonyl (C=O) groups is 2. The summed E-state index contributed by atoms with van der Waals surface area (Å²) in [6.07, 6.45) is 3.12. The van der Waals surface area contributed by atoms with E-state index >= 15 is 0 Å². The summed E-state index contributed by atoms with van der Waals surface area (Å²) in [5, 5.41) is 13.1. The van der Waals surface area contributed by atoms with Crippen LogP contribution in [0.3, 0.4) is 0 Å². The van der Waals surface area contributed by atoms with Crippen LogP contribution in [0.15, 0.2) is 12.2 Å². The topological polar surface area (TPSA) is 103 Å². The van der Waals surface area contributed by atoms with Crippen molar-refractivity contribution in [3.63, 3.8) is 0 Å². The van der Waals surface area contributed by atoms with Crippen molar-refractivity contribution >= 4 is 11.8 Å². The zero-order valence-corrected chi connectivity index (χ0v) is 19.7. The Hall–Kier alpha value is -1.32. The lowest BCUT2D eigenvalue weighted by molar-refractivity contribution is -0.150. The first-order valence-electron chi connectivity index (χ1n) is 10.5. The van der Waals surface area contributed by atoms with E-state index in [1.54, 1.807) is 40.0 Å². The molecule has 176 valence electrons. The van der Waals surface area contributed by atoms with Crippen LogP contribution in [0.5, 0.6) is 0 Å². The second kappa shape index (κ2) is 14.6. The third-order valence-corrected chi connectivity index (χ3v) is 4.82. The van der Waals surface area contributed by atoms with Crippen molar-refractivity contribution in [1.29, 1.82) is 0 Å². The summed E-state index contributed by atoms with van der Waals surface area (Å²) in [5.41, 5.74) is -1.32. The van der Waals surface area contributed by atoms with Gasteiger partial charge in [0.1, 0.15) is 12.2 Å². The standard InChI is InChI=1S/C22H41NO7/c1-8-10-18(24)17(23-16-28-9-2)15-29-20(26)12-11-19(25)22(5,6)30-14-13-21(3,4)27-7/h8,10,17-18,23-24H,9,11-16H2,1-7H3/b10-8+. The van der Waals surface area contributed by atoms with E-state index in [4.69, 9.17) is 18.9 Å². The monoisotopic (exact) mass is 431 g/mol. The lowest BCUT2D eigenvalue weighted by atomic mass is 9.99. The summed E-state index contributed by atoms with van der Waals surface area (Å²) < 4.78 is 21.5. The molecule has 0 aromatic heterocycles. The molecule has 0 heterocycles. The molecule has 0 radical (unpaired) electrons. The van der Waals surface area contributed by atoms with Gasteiger partial charge in [0.25, 0.3) is 0 Å². The molecule has 0 aromatic carbocycles. The molecule has 0 saturated heterocycles. The molecule has 8 nitrogen and oxygen atoms in total. The minimum Gasteiger partial charge on any atom is -0.464 e. The van der Waals surface area contributed by atoms with Gasteiger partial charge in [-0.1, -0.05) is 12.2 Å². The maximum absolute atomic E-state index is 12.5. The number of aliphatic hydroxyl groups is 1. The summed E-state index contributed by atoms with van der Waals surface area (Å²) in [5.74, 6) is -0.676. The maximum atomic E-state index is 12.5. The van der Waals surface area contributed by atoms with Crippen molar-refractivity contribution in [1.82, 2.24) is 5.32 Å². The number of ether oxygens (including phenoxy) is 4. The van der Waals surface area contributed by atoms with Crippen molar-refractivity contribution in [2.45, 2.75) is 84.2 Å². The number of hydrogen-bond donors (Lipinski definition) is 2. The smallest absolute Gasteiger partial charge is 0.306 e. The molecule has 0 saturated carbocycles. The Morgan fingerprint density at radius 1 is 1.17 bits per heavy atom. The number of hydrogen-bond acceptors (Lipinski definition) is 8. The van der Waals surface area contributed by atoms with E-state index in [0.29, 0.717) is 19.6 Å². The predicted octanol–water partition coefficient (Wildman–Crippen LogP) is 2.38. The number of nitrogens with one attached hydrogen (secondary N) is 1. The fourth-order valence-electron chi connectivity index (χ4n) is 2.38. The van der Waals surface area contributed by atoms with Crippen molar-refractivity contribution in [3.05, 3.63) is 12.2 Å². The molecular formula is C22H41NO7. The molecule has 0 aliphatic heterocycles. The van der Waals surface area contributed by atoms with Crippen LogP contribution in [0.25, 0.3) is 0 Å². The largest absolute Gasteiger partial charge is 0.464 e. The highest BCUT2D eigenvalue weighted by molar-refractivity contribution is 5.89. The van der Waals surface area contributed by atoms with E-state index in [9.17, 15) is 14.7 Å². The molecule has 2 unspecified atom stereocenters. The van der Waals surface area contributed by atoms with E-state index in [1.165, 1.54) is 0 Å². The number of methoxy groups -OCH3 is 1. The van der Waals surface area contributed by atoms with Crippen molar-refractivity contribution in [2.75, 3.05) is 33.7 Å². The number of carbonyl (C=O) groups excluding carboxylic acids is 2. The van der Waals surface area contributed by atoms with Gasteiger partial charge in [-0.3, -0.25) is 14.9 Å². The van der Waals surface area contributed by atoms with Gasteiger partial charge in [-0.25, -0.2) is 0 Å². The molecule has 0 bridgehead atoms. The van der Waals surface area contributed by atoms with Gasteiger partial charge in [-0.05, 0) is 48.0 Å². The maximum Gasteiger partial charge on any atom is 0.306 e. The van der Waals surface area contributed by atoms with E-state index in [0.717, 1.165) is 0 Å². The van der Waals surface area contributed by atoms with Crippen molar-refractivity contribution in [3.8, 4) is 0 Å². The lowest BCUT2D eigenvalue weighted by Crippen LogP contribution is -2.44. The zero-order chi connectivity index (χ0) is 23.2. The highest BCUT2D eigenvalue weighted by atomic mass is 16.5. The van der Waals surface area contributed by atoms with Gasteiger partial charge in [0, 0.05) is 20.1 Å². The van der Waals surface area contributed by atoms with Gasteiger partial charge in [-0.15, -0.1) is 0 Å². The molecule has 0 amide bonds. The molecule has 8 heteroatoms. The first-order valence-corrected chi connectivity index (χ1v) is 10.5. The van der Waals surface area contributed by atoms with Crippen LogP contribution in [0.2, 0.25) is 0 Å². The Morgan fingerprint density at radius 3 is 2.40 bits per heavy atom. The lowest BCUT2D eigenvalue weighted by Gasteiger charge is -2.28. The van der Waals surface area contributed by atoms with Crippen molar-refractivity contribution < 1.29 is 33.6 Å².